The molecule has 4 rings (SSSR count). The molecule has 0 radical (unpaired) electrons. The zero-order chi connectivity index (χ0) is 18.8. The summed E-state index contributed by atoms with van der Waals surface area (Å²) in [5.41, 5.74) is 3.86. The molecule has 27 heavy (non-hydrogen) atoms. The standard InChI is InChI=1S/C22H14Br2N2O/c23-15-7-5-14(6-8-15)21-13-19(18-3-1-2-4-20(18)26-21)22(27)25-17-11-9-16(24)10-12-17/h1-13H,(H,25,27). The molecule has 132 valence electrons. The number of nitrogens with zero attached hydrogens (tertiary/aromatic N) is 1. The van der Waals surface area contributed by atoms with E-state index < -0.39 is 0 Å². The highest BCUT2D eigenvalue weighted by molar-refractivity contribution is 9.10. The first-order chi connectivity index (χ1) is 13.1. The molecule has 4 aromatic rings. The van der Waals surface area contributed by atoms with Crippen LogP contribution in [0.3, 0.4) is 0 Å². The van der Waals surface area contributed by atoms with Crippen LogP contribution in [0.4, 0.5) is 5.69 Å². The summed E-state index contributed by atoms with van der Waals surface area (Å²) in [6.45, 7) is 0. The van der Waals surface area contributed by atoms with Gasteiger partial charge in [-0.05, 0) is 48.5 Å². The van der Waals surface area contributed by atoms with Crippen LogP contribution in [0.5, 0.6) is 0 Å². The molecular weight excluding hydrogens is 468 g/mol. The maximum Gasteiger partial charge on any atom is 0.256 e. The maximum atomic E-state index is 13.0. The Morgan fingerprint density at radius 2 is 1.44 bits per heavy atom. The van der Waals surface area contributed by atoms with Gasteiger partial charge in [-0.2, -0.15) is 0 Å². The fourth-order valence-corrected chi connectivity index (χ4v) is 3.39. The number of carbonyl (C=O) groups excluding carboxylic acids is 1. The van der Waals surface area contributed by atoms with Crippen LogP contribution < -0.4 is 5.32 Å². The molecule has 1 amide bonds. The summed E-state index contributed by atoms with van der Waals surface area (Å²) in [5, 5.41) is 3.80. The minimum Gasteiger partial charge on any atom is -0.322 e. The lowest BCUT2D eigenvalue weighted by molar-refractivity contribution is 0.102. The van der Waals surface area contributed by atoms with Gasteiger partial charge < -0.3 is 5.32 Å². The molecule has 0 aliphatic carbocycles. The number of anilines is 1. The molecule has 0 aliphatic rings. The Balaban J connectivity index is 1.79. The number of carbonyl (C=O) groups is 1. The number of benzene rings is 3. The third-order valence-corrected chi connectivity index (χ3v) is 5.26. The van der Waals surface area contributed by atoms with Gasteiger partial charge in [-0.1, -0.05) is 62.2 Å². The van der Waals surface area contributed by atoms with Crippen LogP contribution in [0.15, 0.2) is 87.8 Å². The Morgan fingerprint density at radius 1 is 0.815 bits per heavy atom. The number of halogens is 2. The van der Waals surface area contributed by atoms with Crippen LogP contribution in [-0.4, -0.2) is 10.9 Å². The van der Waals surface area contributed by atoms with Crippen molar-refractivity contribution in [1.29, 1.82) is 0 Å². The SMILES string of the molecule is O=C(Nc1ccc(Br)cc1)c1cc(-c2ccc(Br)cc2)nc2ccccc12. The third-order valence-electron chi connectivity index (χ3n) is 4.20. The number of aromatic nitrogens is 1. The molecule has 0 spiro atoms. The van der Waals surface area contributed by atoms with E-state index in [9.17, 15) is 4.79 Å². The molecular formula is C22H14Br2N2O. The van der Waals surface area contributed by atoms with Gasteiger partial charge in [0.05, 0.1) is 16.8 Å². The molecule has 0 aliphatic heterocycles. The summed E-state index contributed by atoms with van der Waals surface area (Å²) in [4.78, 5) is 17.7. The Hall–Kier alpha value is -2.50. The second kappa shape index (κ2) is 7.62. The highest BCUT2D eigenvalue weighted by Crippen LogP contribution is 2.27. The van der Waals surface area contributed by atoms with Gasteiger partial charge in [0.25, 0.3) is 5.91 Å². The Kier molecular flexibility index (Phi) is 5.05. The lowest BCUT2D eigenvalue weighted by Gasteiger charge is -2.11. The molecule has 0 fully saturated rings. The van der Waals surface area contributed by atoms with E-state index in [1.165, 1.54) is 0 Å². The molecule has 3 aromatic carbocycles. The molecule has 0 saturated carbocycles. The van der Waals surface area contributed by atoms with Crippen molar-refractivity contribution in [3.63, 3.8) is 0 Å². The third kappa shape index (κ3) is 3.94. The van der Waals surface area contributed by atoms with Crippen LogP contribution >= 0.6 is 31.9 Å². The molecule has 0 saturated heterocycles. The summed E-state index contributed by atoms with van der Waals surface area (Å²) in [7, 11) is 0. The van der Waals surface area contributed by atoms with Crippen LogP contribution in [-0.2, 0) is 0 Å². The normalized spacial score (nSPS) is 10.7. The number of hydrogen-bond donors (Lipinski definition) is 1. The first-order valence-electron chi connectivity index (χ1n) is 8.33. The fourth-order valence-electron chi connectivity index (χ4n) is 2.86. The zero-order valence-electron chi connectivity index (χ0n) is 14.1. The number of amides is 1. The van der Waals surface area contributed by atoms with Gasteiger partial charge in [-0.15, -0.1) is 0 Å². The van der Waals surface area contributed by atoms with Gasteiger partial charge in [0, 0.05) is 25.6 Å². The first kappa shape index (κ1) is 17.9. The van der Waals surface area contributed by atoms with E-state index in [4.69, 9.17) is 4.98 Å². The van der Waals surface area contributed by atoms with Gasteiger partial charge in [-0.3, -0.25) is 4.79 Å². The van der Waals surface area contributed by atoms with Crippen LogP contribution in [0.2, 0.25) is 0 Å². The number of rotatable bonds is 3. The molecule has 0 atom stereocenters. The Bertz CT molecular complexity index is 1120. The predicted molar refractivity (Wildman–Crippen MR) is 117 cm³/mol. The van der Waals surface area contributed by atoms with E-state index in [2.05, 4.69) is 37.2 Å². The second-order valence-electron chi connectivity index (χ2n) is 6.04. The quantitative estimate of drug-likeness (QED) is 0.354. The van der Waals surface area contributed by atoms with Gasteiger partial charge in [0.2, 0.25) is 0 Å². The van der Waals surface area contributed by atoms with Crippen molar-refractivity contribution in [3.8, 4) is 11.3 Å². The van der Waals surface area contributed by atoms with Crippen molar-refractivity contribution in [3.05, 3.63) is 93.4 Å². The smallest absolute Gasteiger partial charge is 0.256 e. The van der Waals surface area contributed by atoms with Crippen molar-refractivity contribution < 1.29 is 4.79 Å². The Labute approximate surface area is 173 Å². The lowest BCUT2D eigenvalue weighted by Crippen LogP contribution is -2.13. The first-order valence-corrected chi connectivity index (χ1v) is 9.91. The maximum absolute atomic E-state index is 13.0. The van der Waals surface area contributed by atoms with Crippen molar-refractivity contribution in [2.24, 2.45) is 0 Å². The van der Waals surface area contributed by atoms with Gasteiger partial charge in [-0.25, -0.2) is 4.98 Å². The average molecular weight is 482 g/mol. The predicted octanol–water partition coefficient (Wildman–Crippen LogP) is 6.68. The Morgan fingerprint density at radius 3 is 2.15 bits per heavy atom. The van der Waals surface area contributed by atoms with Crippen LogP contribution in [0.25, 0.3) is 22.2 Å². The van der Waals surface area contributed by atoms with E-state index >= 15 is 0 Å². The molecule has 5 heteroatoms. The molecule has 1 aromatic heterocycles. The number of para-hydroxylation sites is 1. The number of hydrogen-bond acceptors (Lipinski definition) is 2. The van der Waals surface area contributed by atoms with Gasteiger partial charge in [0.15, 0.2) is 0 Å². The minimum atomic E-state index is -0.158. The van der Waals surface area contributed by atoms with E-state index in [1.54, 1.807) is 0 Å². The number of fused-ring (bicyclic) bond motifs is 1. The van der Waals surface area contributed by atoms with Crippen molar-refractivity contribution >= 4 is 54.4 Å². The summed E-state index contributed by atoms with van der Waals surface area (Å²) in [6.07, 6.45) is 0. The molecule has 0 bridgehead atoms. The largest absolute Gasteiger partial charge is 0.322 e. The number of nitrogens with one attached hydrogen (secondary N) is 1. The molecule has 3 nitrogen and oxygen atoms in total. The molecule has 1 N–H and O–H groups in total. The minimum absolute atomic E-state index is 0.158. The monoisotopic (exact) mass is 480 g/mol. The highest BCUT2D eigenvalue weighted by atomic mass is 79.9. The van der Waals surface area contributed by atoms with E-state index in [1.807, 2.05) is 78.9 Å². The van der Waals surface area contributed by atoms with Crippen molar-refractivity contribution in [2.45, 2.75) is 0 Å². The summed E-state index contributed by atoms with van der Waals surface area (Å²) >= 11 is 6.85. The van der Waals surface area contributed by atoms with Gasteiger partial charge in [0.1, 0.15) is 0 Å². The van der Waals surface area contributed by atoms with Crippen LogP contribution in [0.1, 0.15) is 10.4 Å². The molecule has 0 unspecified atom stereocenters. The number of pyridine rings is 1. The summed E-state index contributed by atoms with van der Waals surface area (Å²) in [6, 6.07) is 25.0. The van der Waals surface area contributed by atoms with Crippen LogP contribution in [0, 0.1) is 0 Å². The summed E-state index contributed by atoms with van der Waals surface area (Å²) < 4.78 is 1.97. The van der Waals surface area contributed by atoms with Crippen molar-refractivity contribution in [1.82, 2.24) is 4.98 Å². The van der Waals surface area contributed by atoms with E-state index in [-0.39, 0.29) is 5.91 Å². The van der Waals surface area contributed by atoms with Crippen molar-refractivity contribution in [2.75, 3.05) is 5.32 Å². The average Bonchev–Trinajstić information content (AvgIpc) is 2.69. The fraction of sp³-hybridized carbons (Fsp3) is 0. The second-order valence-corrected chi connectivity index (χ2v) is 7.87. The molecule has 1 heterocycles. The summed E-state index contributed by atoms with van der Waals surface area (Å²) in [5.74, 6) is -0.158. The topological polar surface area (TPSA) is 42.0 Å². The highest BCUT2D eigenvalue weighted by Gasteiger charge is 2.14. The van der Waals surface area contributed by atoms with Gasteiger partial charge >= 0.3 is 0 Å². The lowest BCUT2D eigenvalue weighted by atomic mass is 10.0. The zero-order valence-corrected chi connectivity index (χ0v) is 17.3. The van der Waals surface area contributed by atoms with E-state index in [0.717, 1.165) is 36.8 Å². The van der Waals surface area contributed by atoms with E-state index in [0.29, 0.717) is 5.56 Å².